The number of benzene rings is 1. The molecule has 1 unspecified atom stereocenters. The lowest BCUT2D eigenvalue weighted by Gasteiger charge is -2.24. The lowest BCUT2D eigenvalue weighted by molar-refractivity contribution is -0.108. The number of aromatic nitrogens is 3. The highest BCUT2D eigenvalue weighted by atomic mass is 16.1. The first kappa shape index (κ1) is 18.2. The number of aldehydes is 1. The number of anilines is 3. The summed E-state index contributed by atoms with van der Waals surface area (Å²) in [4.78, 5) is 35.2. The Bertz CT molecular complexity index is 987. The van der Waals surface area contributed by atoms with Crippen molar-refractivity contribution < 1.29 is 9.59 Å². The molecular weight excluding hydrogens is 346 g/mol. The van der Waals surface area contributed by atoms with Crippen LogP contribution >= 0.6 is 0 Å². The van der Waals surface area contributed by atoms with Gasteiger partial charge >= 0.3 is 0 Å². The van der Waals surface area contributed by atoms with Crippen molar-refractivity contribution in [1.29, 1.82) is 0 Å². The molecule has 9 nitrogen and oxygen atoms in total. The van der Waals surface area contributed by atoms with Crippen molar-refractivity contribution >= 4 is 40.3 Å². The third-order valence-electron chi connectivity index (χ3n) is 4.09. The predicted octanol–water partition coefficient (Wildman–Crippen LogP) is 1.52. The molecule has 27 heavy (non-hydrogen) atoms. The molecule has 138 valence electrons. The number of rotatable bonds is 7. The third-order valence-corrected chi connectivity index (χ3v) is 4.09. The molecule has 0 bridgehead atoms. The summed E-state index contributed by atoms with van der Waals surface area (Å²) >= 11 is 0. The zero-order valence-corrected chi connectivity index (χ0v) is 14.7. The Labute approximate surface area is 155 Å². The normalized spacial score (nSPS) is 11.8. The van der Waals surface area contributed by atoms with Crippen LogP contribution in [0.2, 0.25) is 0 Å². The number of hydrazine groups is 1. The van der Waals surface area contributed by atoms with Crippen LogP contribution < -0.4 is 21.9 Å². The monoisotopic (exact) mass is 365 g/mol. The SMILES string of the molecule is CC(CC=O)N(N)c1cnc(C(N)=O)c(Nc2cncc3ccccc23)n1. The lowest BCUT2D eigenvalue weighted by atomic mass is 10.1. The number of nitrogens with two attached hydrogens (primary N) is 2. The summed E-state index contributed by atoms with van der Waals surface area (Å²) in [5.74, 6) is 5.75. The van der Waals surface area contributed by atoms with Crippen LogP contribution in [0.25, 0.3) is 10.8 Å². The van der Waals surface area contributed by atoms with Crippen molar-refractivity contribution in [3.8, 4) is 0 Å². The maximum atomic E-state index is 11.8. The van der Waals surface area contributed by atoms with E-state index in [9.17, 15) is 9.59 Å². The van der Waals surface area contributed by atoms with Gasteiger partial charge in [0, 0.05) is 23.4 Å². The number of pyridine rings is 1. The first-order chi connectivity index (χ1) is 13.0. The second-order valence-electron chi connectivity index (χ2n) is 5.98. The third kappa shape index (κ3) is 3.82. The zero-order valence-electron chi connectivity index (χ0n) is 14.7. The van der Waals surface area contributed by atoms with Gasteiger partial charge in [0.15, 0.2) is 17.3 Å². The van der Waals surface area contributed by atoms with Crippen molar-refractivity contribution in [1.82, 2.24) is 15.0 Å². The van der Waals surface area contributed by atoms with Crippen LogP contribution in [0, 0.1) is 0 Å². The highest BCUT2D eigenvalue weighted by molar-refractivity contribution is 5.99. The predicted molar refractivity (Wildman–Crippen MR) is 102 cm³/mol. The Morgan fingerprint density at radius 3 is 2.81 bits per heavy atom. The molecule has 2 heterocycles. The maximum absolute atomic E-state index is 11.8. The lowest BCUT2D eigenvalue weighted by Crippen LogP contribution is -2.40. The van der Waals surface area contributed by atoms with E-state index in [0.29, 0.717) is 11.5 Å². The largest absolute Gasteiger partial charge is 0.364 e. The van der Waals surface area contributed by atoms with Crippen LogP contribution in [-0.2, 0) is 4.79 Å². The van der Waals surface area contributed by atoms with Crippen molar-refractivity contribution in [2.45, 2.75) is 19.4 Å². The molecule has 1 aromatic carbocycles. The number of primary amides is 1. The van der Waals surface area contributed by atoms with E-state index in [-0.39, 0.29) is 24.0 Å². The van der Waals surface area contributed by atoms with Crippen molar-refractivity contribution in [3.63, 3.8) is 0 Å². The number of nitrogens with one attached hydrogen (secondary N) is 1. The van der Waals surface area contributed by atoms with E-state index in [1.54, 1.807) is 19.3 Å². The number of carbonyl (C=O) groups is 2. The van der Waals surface area contributed by atoms with Gasteiger partial charge in [0.05, 0.1) is 24.1 Å². The van der Waals surface area contributed by atoms with Gasteiger partial charge in [-0.2, -0.15) is 0 Å². The van der Waals surface area contributed by atoms with Crippen LogP contribution in [0.1, 0.15) is 23.8 Å². The van der Waals surface area contributed by atoms with Crippen molar-refractivity contribution in [2.75, 3.05) is 10.3 Å². The van der Waals surface area contributed by atoms with Gasteiger partial charge in [-0.15, -0.1) is 0 Å². The molecule has 2 aromatic heterocycles. The van der Waals surface area contributed by atoms with E-state index in [4.69, 9.17) is 11.6 Å². The molecule has 0 saturated carbocycles. The van der Waals surface area contributed by atoms with E-state index >= 15 is 0 Å². The summed E-state index contributed by atoms with van der Waals surface area (Å²) in [7, 11) is 0. The first-order valence-electron chi connectivity index (χ1n) is 8.25. The highest BCUT2D eigenvalue weighted by Gasteiger charge is 2.18. The van der Waals surface area contributed by atoms with Crippen LogP contribution in [0.4, 0.5) is 17.3 Å². The molecule has 9 heteroatoms. The van der Waals surface area contributed by atoms with Crippen LogP contribution in [-0.4, -0.2) is 33.2 Å². The molecule has 0 aliphatic heterocycles. The standard InChI is InChI=1S/C18H19N7O2/c1-11(6-7-26)25(20)15-10-22-16(17(19)27)18(24-15)23-14-9-21-8-12-4-2-3-5-13(12)14/h2-5,7-11H,6,20H2,1H3,(H2,19,27)(H,23,24). The minimum absolute atomic E-state index is 0.0249. The average molecular weight is 365 g/mol. The first-order valence-corrected chi connectivity index (χ1v) is 8.25. The molecule has 1 atom stereocenters. The quantitative estimate of drug-likeness (QED) is 0.325. The van der Waals surface area contributed by atoms with Gasteiger partial charge < -0.3 is 15.8 Å². The molecule has 5 N–H and O–H groups in total. The second-order valence-corrected chi connectivity index (χ2v) is 5.98. The zero-order chi connectivity index (χ0) is 19.4. The summed E-state index contributed by atoms with van der Waals surface area (Å²) in [5.41, 5.74) is 6.05. The van der Waals surface area contributed by atoms with Gasteiger partial charge in [0.1, 0.15) is 6.29 Å². The van der Waals surface area contributed by atoms with Crippen molar-refractivity contribution in [2.24, 2.45) is 11.6 Å². The van der Waals surface area contributed by atoms with E-state index in [1.807, 2.05) is 24.3 Å². The topological polar surface area (TPSA) is 140 Å². The van der Waals surface area contributed by atoms with Gasteiger partial charge in [-0.25, -0.2) is 15.8 Å². The molecular formula is C18H19N7O2. The summed E-state index contributed by atoms with van der Waals surface area (Å²) < 4.78 is 0. The number of amides is 1. The van der Waals surface area contributed by atoms with Crippen LogP contribution in [0.5, 0.6) is 0 Å². The second kappa shape index (κ2) is 7.75. The van der Waals surface area contributed by atoms with Gasteiger partial charge in [0.25, 0.3) is 5.91 Å². The molecule has 0 fully saturated rings. The molecule has 0 radical (unpaired) electrons. The maximum Gasteiger partial charge on any atom is 0.271 e. The van der Waals surface area contributed by atoms with Gasteiger partial charge in [-0.05, 0) is 6.92 Å². The van der Waals surface area contributed by atoms with E-state index < -0.39 is 5.91 Å². The Morgan fingerprint density at radius 2 is 2.07 bits per heavy atom. The molecule has 3 aromatic rings. The van der Waals surface area contributed by atoms with E-state index in [2.05, 4.69) is 20.3 Å². The van der Waals surface area contributed by atoms with Crippen LogP contribution in [0.3, 0.4) is 0 Å². The fraction of sp³-hybridized carbons (Fsp3) is 0.167. The van der Waals surface area contributed by atoms with E-state index in [1.165, 1.54) is 11.2 Å². The number of carbonyl (C=O) groups excluding carboxylic acids is 2. The number of fused-ring (bicyclic) bond motifs is 1. The van der Waals surface area contributed by atoms with Gasteiger partial charge in [-0.3, -0.25) is 14.8 Å². The van der Waals surface area contributed by atoms with Gasteiger partial charge in [-0.1, -0.05) is 24.3 Å². The number of hydrogen-bond donors (Lipinski definition) is 3. The summed E-state index contributed by atoms with van der Waals surface area (Å²) in [6, 6.07) is 7.36. The minimum Gasteiger partial charge on any atom is -0.364 e. The number of nitrogens with zero attached hydrogens (tertiary/aromatic N) is 4. The van der Waals surface area contributed by atoms with Gasteiger partial charge in [0.2, 0.25) is 0 Å². The summed E-state index contributed by atoms with van der Waals surface area (Å²) in [6.45, 7) is 1.78. The van der Waals surface area contributed by atoms with Crippen molar-refractivity contribution in [3.05, 3.63) is 48.5 Å². The average Bonchev–Trinajstić information content (AvgIpc) is 2.67. The Balaban J connectivity index is 2.03. The molecule has 0 saturated heterocycles. The Kier molecular flexibility index (Phi) is 5.23. The minimum atomic E-state index is -0.728. The fourth-order valence-electron chi connectivity index (χ4n) is 2.59. The highest BCUT2D eigenvalue weighted by Crippen LogP contribution is 2.26. The smallest absolute Gasteiger partial charge is 0.271 e. The molecule has 1 amide bonds. The van der Waals surface area contributed by atoms with E-state index in [0.717, 1.165) is 17.1 Å². The summed E-state index contributed by atoms with van der Waals surface area (Å²) in [6.07, 6.45) is 5.70. The molecule has 0 aliphatic rings. The summed E-state index contributed by atoms with van der Waals surface area (Å²) in [5, 5.41) is 6.21. The van der Waals surface area contributed by atoms with Crippen LogP contribution in [0.15, 0.2) is 42.9 Å². The number of hydrogen-bond acceptors (Lipinski definition) is 8. The Morgan fingerprint density at radius 1 is 1.30 bits per heavy atom. The molecule has 0 aliphatic carbocycles. The molecule has 3 rings (SSSR count). The fourth-order valence-corrected chi connectivity index (χ4v) is 2.59. The molecule has 0 spiro atoms. The Hall–Kier alpha value is -3.59.